The summed E-state index contributed by atoms with van der Waals surface area (Å²) in [6.07, 6.45) is 8.86. The van der Waals surface area contributed by atoms with Crippen LogP contribution < -0.4 is 5.32 Å². The zero-order valence-corrected chi connectivity index (χ0v) is 10.0. The molecule has 2 aliphatic carbocycles. The number of hydrogen-bond donors (Lipinski definition) is 1. The summed E-state index contributed by atoms with van der Waals surface area (Å²) < 4.78 is 0. The van der Waals surface area contributed by atoms with Gasteiger partial charge in [0, 0.05) is 0 Å². The second-order valence-corrected chi connectivity index (χ2v) is 6.34. The van der Waals surface area contributed by atoms with Crippen LogP contribution in [0.1, 0.15) is 52.4 Å². The van der Waals surface area contributed by atoms with Crippen LogP contribution in [0.3, 0.4) is 0 Å². The summed E-state index contributed by atoms with van der Waals surface area (Å²) in [5, 5.41) is 3.34. The van der Waals surface area contributed by atoms with Gasteiger partial charge in [-0.1, -0.05) is 20.3 Å². The van der Waals surface area contributed by atoms with Gasteiger partial charge in [-0.3, -0.25) is 0 Å². The lowest BCUT2D eigenvalue weighted by Crippen LogP contribution is -2.15. The average molecular weight is 195 g/mol. The molecule has 82 valence electrons. The van der Waals surface area contributed by atoms with Crippen molar-refractivity contribution in [1.29, 1.82) is 0 Å². The number of nitrogens with one attached hydrogen (secondary N) is 1. The van der Waals surface area contributed by atoms with Gasteiger partial charge in [-0.15, -0.1) is 0 Å². The zero-order valence-electron chi connectivity index (χ0n) is 10.0. The summed E-state index contributed by atoms with van der Waals surface area (Å²) in [5.41, 5.74) is 1.40. The Morgan fingerprint density at radius 3 is 2.64 bits per heavy atom. The molecule has 1 N–H and O–H groups in total. The van der Waals surface area contributed by atoms with Crippen molar-refractivity contribution in [3.8, 4) is 0 Å². The molecule has 0 bridgehead atoms. The van der Waals surface area contributed by atoms with Gasteiger partial charge in [0.25, 0.3) is 0 Å². The third kappa shape index (κ3) is 1.98. The fourth-order valence-electron chi connectivity index (χ4n) is 3.34. The Bertz CT molecular complexity index is 209. The highest BCUT2D eigenvalue weighted by molar-refractivity contribution is 5.04. The highest BCUT2D eigenvalue weighted by atomic mass is 14.8. The summed E-state index contributed by atoms with van der Waals surface area (Å²) in [4.78, 5) is 0. The predicted octanol–water partition coefficient (Wildman–Crippen LogP) is 3.20. The van der Waals surface area contributed by atoms with E-state index in [1.54, 1.807) is 0 Å². The number of rotatable bonds is 2. The average Bonchev–Trinajstić information content (AvgIpc) is 2.79. The van der Waals surface area contributed by atoms with Crippen LogP contribution in [0.15, 0.2) is 0 Å². The quantitative estimate of drug-likeness (QED) is 0.713. The highest BCUT2D eigenvalue weighted by Gasteiger charge is 2.53. The molecular weight excluding hydrogens is 170 g/mol. The predicted molar refractivity (Wildman–Crippen MR) is 61.3 cm³/mol. The standard InChI is InChI=1S/C13H25N/c1-12(2)5-4-6-13(8-7-12)9-11(13)10-14-3/h11,14H,4-10H2,1-3H3. The highest BCUT2D eigenvalue weighted by Crippen LogP contribution is 2.61. The molecule has 0 amide bonds. The second-order valence-electron chi connectivity index (χ2n) is 6.34. The molecule has 1 nitrogen and oxygen atoms in total. The minimum absolute atomic E-state index is 0.621. The minimum atomic E-state index is 0.621. The topological polar surface area (TPSA) is 12.0 Å². The van der Waals surface area contributed by atoms with Gasteiger partial charge in [0.15, 0.2) is 0 Å². The molecule has 1 spiro atoms. The van der Waals surface area contributed by atoms with Crippen molar-refractivity contribution in [2.45, 2.75) is 52.4 Å². The van der Waals surface area contributed by atoms with E-state index in [1.807, 2.05) is 0 Å². The van der Waals surface area contributed by atoms with Gasteiger partial charge < -0.3 is 5.32 Å². The van der Waals surface area contributed by atoms with Crippen molar-refractivity contribution in [2.24, 2.45) is 16.7 Å². The molecule has 2 saturated carbocycles. The number of hydrogen-bond acceptors (Lipinski definition) is 1. The molecule has 2 fully saturated rings. The molecule has 0 saturated heterocycles. The van der Waals surface area contributed by atoms with Crippen LogP contribution in [0.25, 0.3) is 0 Å². The van der Waals surface area contributed by atoms with Crippen LogP contribution in [0.2, 0.25) is 0 Å². The third-order valence-electron chi connectivity index (χ3n) is 4.64. The summed E-state index contributed by atoms with van der Waals surface area (Å²) in [6.45, 7) is 6.14. The van der Waals surface area contributed by atoms with E-state index in [1.165, 1.54) is 45.1 Å². The lowest BCUT2D eigenvalue weighted by atomic mass is 9.84. The Kier molecular flexibility index (Phi) is 2.63. The summed E-state index contributed by atoms with van der Waals surface area (Å²) in [5.74, 6) is 1.00. The lowest BCUT2D eigenvalue weighted by Gasteiger charge is -2.22. The van der Waals surface area contributed by atoms with Gasteiger partial charge in [0.2, 0.25) is 0 Å². The van der Waals surface area contributed by atoms with E-state index in [9.17, 15) is 0 Å². The smallest absolute Gasteiger partial charge is 0.00180 e. The first-order valence-corrected chi connectivity index (χ1v) is 6.23. The summed E-state index contributed by atoms with van der Waals surface area (Å²) in [6, 6.07) is 0. The van der Waals surface area contributed by atoms with E-state index in [0.717, 1.165) is 11.3 Å². The van der Waals surface area contributed by atoms with Gasteiger partial charge in [-0.2, -0.15) is 0 Å². The van der Waals surface area contributed by atoms with E-state index < -0.39 is 0 Å². The van der Waals surface area contributed by atoms with Gasteiger partial charge in [0.1, 0.15) is 0 Å². The van der Waals surface area contributed by atoms with Gasteiger partial charge >= 0.3 is 0 Å². The van der Waals surface area contributed by atoms with Crippen LogP contribution in [-0.2, 0) is 0 Å². The zero-order chi connectivity index (χ0) is 10.2. The molecule has 1 heteroatoms. The molecule has 2 aliphatic rings. The Hall–Kier alpha value is -0.0400. The Balaban J connectivity index is 1.91. The maximum atomic E-state index is 3.34. The van der Waals surface area contributed by atoms with Crippen LogP contribution in [0.5, 0.6) is 0 Å². The van der Waals surface area contributed by atoms with Gasteiger partial charge in [0.05, 0.1) is 0 Å². The van der Waals surface area contributed by atoms with E-state index in [0.29, 0.717) is 5.41 Å². The Morgan fingerprint density at radius 2 is 1.93 bits per heavy atom. The molecule has 0 aromatic rings. The Morgan fingerprint density at radius 1 is 1.14 bits per heavy atom. The second kappa shape index (κ2) is 3.52. The van der Waals surface area contributed by atoms with Crippen LogP contribution in [-0.4, -0.2) is 13.6 Å². The molecule has 2 unspecified atom stereocenters. The van der Waals surface area contributed by atoms with Crippen molar-refractivity contribution in [3.63, 3.8) is 0 Å². The van der Waals surface area contributed by atoms with E-state index in [2.05, 4.69) is 26.2 Å². The van der Waals surface area contributed by atoms with Crippen molar-refractivity contribution in [1.82, 2.24) is 5.32 Å². The van der Waals surface area contributed by atoms with Crippen LogP contribution in [0.4, 0.5) is 0 Å². The fraction of sp³-hybridized carbons (Fsp3) is 1.00. The van der Waals surface area contributed by atoms with E-state index >= 15 is 0 Å². The molecule has 0 radical (unpaired) electrons. The maximum absolute atomic E-state index is 3.34. The van der Waals surface area contributed by atoms with Crippen molar-refractivity contribution in [2.75, 3.05) is 13.6 Å². The Labute approximate surface area is 88.7 Å². The first-order chi connectivity index (χ1) is 6.58. The molecule has 0 aliphatic heterocycles. The molecular formula is C13H25N. The molecule has 0 aromatic heterocycles. The lowest BCUT2D eigenvalue weighted by molar-refractivity contribution is 0.300. The summed E-state index contributed by atoms with van der Waals surface area (Å²) in [7, 11) is 2.09. The van der Waals surface area contributed by atoms with Crippen LogP contribution >= 0.6 is 0 Å². The van der Waals surface area contributed by atoms with E-state index in [-0.39, 0.29) is 0 Å². The van der Waals surface area contributed by atoms with Crippen molar-refractivity contribution in [3.05, 3.63) is 0 Å². The molecule has 2 rings (SSSR count). The van der Waals surface area contributed by atoms with Crippen molar-refractivity contribution >= 4 is 0 Å². The third-order valence-corrected chi connectivity index (χ3v) is 4.64. The maximum Gasteiger partial charge on any atom is -0.00180 e. The van der Waals surface area contributed by atoms with Crippen LogP contribution in [0, 0.1) is 16.7 Å². The normalized spacial score (nSPS) is 40.9. The minimum Gasteiger partial charge on any atom is -0.319 e. The van der Waals surface area contributed by atoms with E-state index in [4.69, 9.17) is 0 Å². The first kappa shape index (κ1) is 10.5. The fourth-order valence-corrected chi connectivity index (χ4v) is 3.34. The largest absolute Gasteiger partial charge is 0.319 e. The van der Waals surface area contributed by atoms with Crippen molar-refractivity contribution < 1.29 is 0 Å². The SMILES string of the molecule is CNCC1CC12CCCC(C)(C)CC2. The molecule has 2 atom stereocenters. The van der Waals surface area contributed by atoms with Gasteiger partial charge in [-0.25, -0.2) is 0 Å². The first-order valence-electron chi connectivity index (χ1n) is 6.23. The molecule has 14 heavy (non-hydrogen) atoms. The van der Waals surface area contributed by atoms with Gasteiger partial charge in [-0.05, 0) is 62.4 Å². The molecule has 0 heterocycles. The monoisotopic (exact) mass is 195 g/mol. The molecule has 0 aromatic carbocycles. The summed E-state index contributed by atoms with van der Waals surface area (Å²) >= 11 is 0.